The van der Waals surface area contributed by atoms with Crippen molar-refractivity contribution in [2.75, 3.05) is 6.61 Å². The molecule has 1 heterocycles. The van der Waals surface area contributed by atoms with Crippen LogP contribution in [-0.2, 0) is 11.4 Å². The van der Waals surface area contributed by atoms with E-state index in [1.54, 1.807) is 0 Å². The van der Waals surface area contributed by atoms with Crippen molar-refractivity contribution in [3.05, 3.63) is 59.9 Å². The zero-order valence-electron chi connectivity index (χ0n) is 19.6. The highest BCUT2D eigenvalue weighted by molar-refractivity contribution is 5.80. The number of ether oxygens (including phenoxy) is 2. The Morgan fingerprint density at radius 2 is 1.75 bits per heavy atom. The predicted molar refractivity (Wildman–Crippen MR) is 128 cm³/mol. The van der Waals surface area contributed by atoms with Gasteiger partial charge in [-0.2, -0.15) is 0 Å². The van der Waals surface area contributed by atoms with Crippen molar-refractivity contribution in [1.82, 2.24) is 5.32 Å². The van der Waals surface area contributed by atoms with Crippen molar-refractivity contribution in [2.45, 2.75) is 66.0 Å². The Balaban J connectivity index is 1.51. The van der Waals surface area contributed by atoms with E-state index in [4.69, 9.17) is 13.9 Å². The number of fused-ring (bicyclic) bond motifs is 1. The summed E-state index contributed by atoms with van der Waals surface area (Å²) in [6, 6.07) is 15.6. The summed E-state index contributed by atoms with van der Waals surface area (Å²) in [4.78, 5) is 11.3. The summed E-state index contributed by atoms with van der Waals surface area (Å²) in [7, 11) is 0. The van der Waals surface area contributed by atoms with E-state index in [9.17, 15) is 4.79 Å². The Kier molecular flexibility index (Phi) is 8.60. The molecule has 2 atom stereocenters. The molecule has 172 valence electrons. The first-order chi connectivity index (χ1) is 15.4. The fourth-order valence-electron chi connectivity index (χ4n) is 3.62. The van der Waals surface area contributed by atoms with Gasteiger partial charge >= 0.3 is 0 Å². The minimum absolute atomic E-state index is 0.0834. The molecule has 0 aliphatic rings. The Hall–Kier alpha value is -2.95. The molecular formula is C27H35NO4. The molecule has 0 aliphatic heterocycles. The second-order valence-electron chi connectivity index (χ2n) is 8.62. The normalized spacial score (nSPS) is 13.0. The van der Waals surface area contributed by atoms with E-state index in [0.29, 0.717) is 12.5 Å². The van der Waals surface area contributed by atoms with Crippen molar-refractivity contribution < 1.29 is 18.7 Å². The van der Waals surface area contributed by atoms with Crippen LogP contribution in [0.4, 0.5) is 0 Å². The molecule has 5 heteroatoms. The number of unbranched alkanes of at least 4 members (excludes halogenated alkanes) is 2. The maximum Gasteiger partial charge on any atom is 0.217 e. The van der Waals surface area contributed by atoms with E-state index in [1.807, 2.05) is 55.5 Å². The zero-order valence-corrected chi connectivity index (χ0v) is 19.6. The van der Waals surface area contributed by atoms with Gasteiger partial charge in [-0.05, 0) is 55.2 Å². The Labute approximate surface area is 191 Å². The van der Waals surface area contributed by atoms with Gasteiger partial charge in [0.15, 0.2) is 0 Å². The van der Waals surface area contributed by atoms with Gasteiger partial charge in [0.1, 0.15) is 29.4 Å². The first kappa shape index (κ1) is 23.7. The van der Waals surface area contributed by atoms with Crippen LogP contribution in [-0.4, -0.2) is 12.5 Å². The van der Waals surface area contributed by atoms with Crippen LogP contribution in [0, 0.1) is 5.92 Å². The molecule has 5 nitrogen and oxygen atoms in total. The van der Waals surface area contributed by atoms with Gasteiger partial charge in [-0.3, -0.25) is 4.79 Å². The first-order valence-corrected chi connectivity index (χ1v) is 11.6. The second kappa shape index (κ2) is 11.6. The van der Waals surface area contributed by atoms with Crippen molar-refractivity contribution in [2.24, 2.45) is 5.92 Å². The van der Waals surface area contributed by atoms with Crippen molar-refractivity contribution in [3.8, 4) is 11.5 Å². The number of benzene rings is 2. The van der Waals surface area contributed by atoms with E-state index in [0.717, 1.165) is 40.4 Å². The molecule has 0 bridgehead atoms. The maximum atomic E-state index is 11.3. The molecular weight excluding hydrogens is 402 g/mol. The van der Waals surface area contributed by atoms with E-state index in [1.165, 1.54) is 32.6 Å². The predicted octanol–water partition coefficient (Wildman–Crippen LogP) is 6.80. The number of furan rings is 1. The lowest BCUT2D eigenvalue weighted by molar-refractivity contribution is -0.119. The molecule has 0 spiro atoms. The molecule has 2 unspecified atom stereocenters. The van der Waals surface area contributed by atoms with Crippen LogP contribution in [0.15, 0.2) is 52.9 Å². The van der Waals surface area contributed by atoms with Crippen LogP contribution in [0.25, 0.3) is 11.0 Å². The molecule has 0 fully saturated rings. The Morgan fingerprint density at radius 1 is 1.00 bits per heavy atom. The summed E-state index contributed by atoms with van der Waals surface area (Å²) in [6.45, 7) is 9.10. The molecule has 1 amide bonds. The highest BCUT2D eigenvalue weighted by atomic mass is 16.5. The van der Waals surface area contributed by atoms with Gasteiger partial charge in [0.2, 0.25) is 5.91 Å². The molecule has 2 aromatic carbocycles. The van der Waals surface area contributed by atoms with Crippen LogP contribution in [0.5, 0.6) is 11.5 Å². The molecule has 0 radical (unpaired) electrons. The zero-order chi connectivity index (χ0) is 22.9. The molecule has 0 aliphatic carbocycles. The highest BCUT2D eigenvalue weighted by Gasteiger charge is 2.13. The number of carbonyl (C=O) groups is 1. The number of nitrogens with one attached hydrogen (secondary N) is 1. The van der Waals surface area contributed by atoms with Crippen LogP contribution in [0.1, 0.15) is 70.7 Å². The minimum Gasteiger partial charge on any atom is -0.493 e. The smallest absolute Gasteiger partial charge is 0.217 e. The summed E-state index contributed by atoms with van der Waals surface area (Å²) in [5.74, 6) is 2.85. The van der Waals surface area contributed by atoms with Crippen LogP contribution in [0.3, 0.4) is 0 Å². The molecule has 1 N–H and O–H groups in total. The van der Waals surface area contributed by atoms with Gasteiger partial charge in [0.25, 0.3) is 0 Å². The van der Waals surface area contributed by atoms with E-state index in [-0.39, 0.29) is 11.9 Å². The van der Waals surface area contributed by atoms with Crippen molar-refractivity contribution in [3.63, 3.8) is 0 Å². The molecule has 32 heavy (non-hydrogen) atoms. The third-order valence-corrected chi connectivity index (χ3v) is 5.52. The fraction of sp³-hybridized carbons (Fsp3) is 0.444. The number of hydrogen-bond donors (Lipinski definition) is 1. The Morgan fingerprint density at radius 3 is 2.47 bits per heavy atom. The average Bonchev–Trinajstić information content (AvgIpc) is 3.20. The maximum absolute atomic E-state index is 11.3. The van der Waals surface area contributed by atoms with E-state index in [2.05, 4.69) is 19.2 Å². The topological polar surface area (TPSA) is 60.7 Å². The molecule has 0 saturated heterocycles. The summed E-state index contributed by atoms with van der Waals surface area (Å²) in [5.41, 5.74) is 1.82. The SMILES string of the molecule is CCCCCC(C)COc1ccc(COc2ccc3cc(C(C)NC(C)=O)oc3c2)cc1. The van der Waals surface area contributed by atoms with Gasteiger partial charge in [-0.25, -0.2) is 0 Å². The van der Waals surface area contributed by atoms with Crippen LogP contribution < -0.4 is 14.8 Å². The second-order valence-corrected chi connectivity index (χ2v) is 8.62. The number of hydrogen-bond acceptors (Lipinski definition) is 4. The van der Waals surface area contributed by atoms with Crippen LogP contribution >= 0.6 is 0 Å². The third kappa shape index (κ3) is 7.04. The van der Waals surface area contributed by atoms with Gasteiger partial charge in [0.05, 0.1) is 12.6 Å². The van der Waals surface area contributed by atoms with Crippen molar-refractivity contribution >= 4 is 16.9 Å². The van der Waals surface area contributed by atoms with E-state index >= 15 is 0 Å². The first-order valence-electron chi connectivity index (χ1n) is 11.6. The fourth-order valence-corrected chi connectivity index (χ4v) is 3.62. The lowest BCUT2D eigenvalue weighted by Gasteiger charge is -2.13. The van der Waals surface area contributed by atoms with E-state index < -0.39 is 0 Å². The summed E-state index contributed by atoms with van der Waals surface area (Å²) < 4.78 is 17.8. The molecule has 3 aromatic rings. The molecule has 1 aromatic heterocycles. The number of rotatable bonds is 12. The van der Waals surface area contributed by atoms with Crippen LogP contribution in [0.2, 0.25) is 0 Å². The van der Waals surface area contributed by atoms with Gasteiger partial charge in [0, 0.05) is 18.4 Å². The number of amides is 1. The van der Waals surface area contributed by atoms with Gasteiger partial charge in [-0.1, -0.05) is 45.2 Å². The Bertz CT molecular complexity index is 993. The monoisotopic (exact) mass is 437 g/mol. The summed E-state index contributed by atoms with van der Waals surface area (Å²) in [5, 5.41) is 3.82. The quantitative estimate of drug-likeness (QED) is 0.316. The minimum atomic E-state index is -0.177. The lowest BCUT2D eigenvalue weighted by Crippen LogP contribution is -2.23. The summed E-state index contributed by atoms with van der Waals surface area (Å²) in [6.07, 6.45) is 5.04. The average molecular weight is 438 g/mol. The highest BCUT2D eigenvalue weighted by Crippen LogP contribution is 2.28. The molecule has 0 saturated carbocycles. The summed E-state index contributed by atoms with van der Waals surface area (Å²) >= 11 is 0. The van der Waals surface area contributed by atoms with Gasteiger partial charge < -0.3 is 19.2 Å². The number of carbonyl (C=O) groups excluding carboxylic acids is 1. The lowest BCUT2D eigenvalue weighted by atomic mass is 10.0. The standard InChI is InChI=1S/C27H35NO4/c1-5-6-7-8-19(2)17-30-24-12-9-22(10-13-24)18-31-25-14-11-23-15-26(32-27(23)16-25)20(3)28-21(4)29/h9-16,19-20H,5-8,17-18H2,1-4H3,(H,28,29). The largest absolute Gasteiger partial charge is 0.493 e. The van der Waals surface area contributed by atoms with Gasteiger partial charge in [-0.15, -0.1) is 0 Å². The molecule has 3 rings (SSSR count). The van der Waals surface area contributed by atoms with Crippen molar-refractivity contribution in [1.29, 1.82) is 0 Å². The third-order valence-electron chi connectivity index (χ3n) is 5.52.